The summed E-state index contributed by atoms with van der Waals surface area (Å²) in [5.41, 5.74) is 5.65. The average Bonchev–Trinajstić information content (AvgIpc) is 2.48. The molecule has 2 rings (SSSR count). The van der Waals surface area contributed by atoms with E-state index in [9.17, 15) is 4.79 Å². The third-order valence-electron chi connectivity index (χ3n) is 3.76. The molecule has 0 saturated heterocycles. The number of benzene rings is 1. The summed E-state index contributed by atoms with van der Waals surface area (Å²) in [6.45, 7) is 0. The number of hydrogen-bond donors (Lipinski definition) is 3. The highest BCUT2D eigenvalue weighted by Crippen LogP contribution is 2.29. The van der Waals surface area contributed by atoms with Crippen molar-refractivity contribution in [3.8, 4) is 0 Å². The van der Waals surface area contributed by atoms with Crippen LogP contribution in [0.25, 0.3) is 0 Å². The summed E-state index contributed by atoms with van der Waals surface area (Å²) in [6.07, 6.45) is 4.42. The maximum atomic E-state index is 12.3. The molecule has 1 saturated carbocycles. The first-order chi connectivity index (χ1) is 9.57. The van der Waals surface area contributed by atoms with Crippen molar-refractivity contribution in [1.82, 2.24) is 5.32 Å². The molecule has 1 aliphatic carbocycles. The molecule has 1 amide bonds. The van der Waals surface area contributed by atoms with Gasteiger partial charge in [-0.3, -0.25) is 4.79 Å². The van der Waals surface area contributed by atoms with Gasteiger partial charge in [0.1, 0.15) is 5.54 Å². The molecule has 4 N–H and O–H groups in total. The molecule has 0 heterocycles. The molecular weight excluding hydrogens is 322 g/mol. The molecule has 108 valence electrons. The van der Waals surface area contributed by atoms with Crippen LogP contribution >= 0.6 is 15.9 Å². The van der Waals surface area contributed by atoms with Gasteiger partial charge in [-0.2, -0.15) is 0 Å². The van der Waals surface area contributed by atoms with Gasteiger partial charge in [-0.25, -0.2) is 0 Å². The Hall–Kier alpha value is -1.56. The van der Waals surface area contributed by atoms with Gasteiger partial charge < -0.3 is 16.3 Å². The molecule has 0 unspecified atom stereocenters. The van der Waals surface area contributed by atoms with E-state index in [1.54, 1.807) is 12.1 Å². The molecule has 1 aromatic carbocycles. The molecule has 0 spiro atoms. The van der Waals surface area contributed by atoms with Crippen molar-refractivity contribution in [3.05, 3.63) is 34.3 Å². The van der Waals surface area contributed by atoms with E-state index in [1.165, 1.54) is 0 Å². The van der Waals surface area contributed by atoms with Crippen LogP contribution < -0.4 is 11.1 Å². The minimum absolute atomic E-state index is 0.0858. The SMILES string of the molecule is N/C(=N/O)C1(NC(=O)c2ccc(Br)cc2)CCCCC1. The van der Waals surface area contributed by atoms with Crippen LogP contribution in [0.15, 0.2) is 33.9 Å². The molecule has 5 nitrogen and oxygen atoms in total. The van der Waals surface area contributed by atoms with Crippen LogP contribution in [0.1, 0.15) is 42.5 Å². The molecule has 0 bridgehead atoms. The number of halogens is 1. The van der Waals surface area contributed by atoms with E-state index in [4.69, 9.17) is 10.9 Å². The zero-order valence-electron chi connectivity index (χ0n) is 11.1. The molecule has 0 aromatic heterocycles. The number of nitrogens with zero attached hydrogens (tertiary/aromatic N) is 1. The molecule has 1 fully saturated rings. The Morgan fingerprint density at radius 1 is 1.25 bits per heavy atom. The summed E-state index contributed by atoms with van der Waals surface area (Å²) < 4.78 is 0.915. The number of amides is 1. The fraction of sp³-hybridized carbons (Fsp3) is 0.429. The molecule has 0 aliphatic heterocycles. The van der Waals surface area contributed by atoms with Gasteiger partial charge in [-0.1, -0.05) is 40.3 Å². The fourth-order valence-electron chi connectivity index (χ4n) is 2.59. The highest BCUT2D eigenvalue weighted by Gasteiger charge is 2.38. The lowest BCUT2D eigenvalue weighted by Gasteiger charge is -2.36. The number of rotatable bonds is 3. The van der Waals surface area contributed by atoms with Crippen LogP contribution in [0.5, 0.6) is 0 Å². The van der Waals surface area contributed by atoms with Crippen molar-refractivity contribution in [2.75, 3.05) is 0 Å². The van der Waals surface area contributed by atoms with E-state index in [0.29, 0.717) is 18.4 Å². The van der Waals surface area contributed by atoms with Crippen LogP contribution in [-0.2, 0) is 0 Å². The van der Waals surface area contributed by atoms with Gasteiger partial charge in [-0.05, 0) is 37.1 Å². The number of nitrogens with one attached hydrogen (secondary N) is 1. The Balaban J connectivity index is 2.19. The molecule has 6 heteroatoms. The van der Waals surface area contributed by atoms with Crippen molar-refractivity contribution in [1.29, 1.82) is 0 Å². The van der Waals surface area contributed by atoms with E-state index in [-0.39, 0.29) is 11.7 Å². The summed E-state index contributed by atoms with van der Waals surface area (Å²) in [5.74, 6) is -0.117. The monoisotopic (exact) mass is 339 g/mol. The van der Waals surface area contributed by atoms with E-state index in [1.807, 2.05) is 12.1 Å². The lowest BCUT2D eigenvalue weighted by Crippen LogP contribution is -2.58. The first-order valence-electron chi connectivity index (χ1n) is 6.63. The minimum Gasteiger partial charge on any atom is -0.409 e. The lowest BCUT2D eigenvalue weighted by atomic mass is 9.80. The predicted molar refractivity (Wildman–Crippen MR) is 80.8 cm³/mol. The van der Waals surface area contributed by atoms with E-state index >= 15 is 0 Å². The van der Waals surface area contributed by atoms with Crippen molar-refractivity contribution in [2.45, 2.75) is 37.6 Å². The molecule has 20 heavy (non-hydrogen) atoms. The quantitative estimate of drug-likeness (QED) is 0.342. The number of oxime groups is 1. The van der Waals surface area contributed by atoms with Gasteiger partial charge in [0.25, 0.3) is 5.91 Å². The summed E-state index contributed by atoms with van der Waals surface area (Å²) in [6, 6.07) is 7.10. The van der Waals surface area contributed by atoms with Crippen LogP contribution in [-0.4, -0.2) is 22.5 Å². The second-order valence-electron chi connectivity index (χ2n) is 5.09. The normalized spacial score (nSPS) is 18.6. The van der Waals surface area contributed by atoms with Crippen LogP contribution in [0.4, 0.5) is 0 Å². The summed E-state index contributed by atoms with van der Waals surface area (Å²) in [4.78, 5) is 12.3. The molecule has 0 atom stereocenters. The molecule has 1 aromatic rings. The van der Waals surface area contributed by atoms with Crippen LogP contribution in [0.3, 0.4) is 0 Å². The topological polar surface area (TPSA) is 87.7 Å². The summed E-state index contributed by atoms with van der Waals surface area (Å²) >= 11 is 3.33. The smallest absolute Gasteiger partial charge is 0.252 e. The van der Waals surface area contributed by atoms with Crippen molar-refractivity contribution >= 4 is 27.7 Å². The predicted octanol–water partition coefficient (Wildman–Crippen LogP) is 2.63. The van der Waals surface area contributed by atoms with Gasteiger partial charge in [-0.15, -0.1) is 0 Å². The fourth-order valence-corrected chi connectivity index (χ4v) is 2.85. The van der Waals surface area contributed by atoms with Crippen molar-refractivity contribution < 1.29 is 10.0 Å². The minimum atomic E-state index is -0.725. The van der Waals surface area contributed by atoms with Gasteiger partial charge in [0.2, 0.25) is 0 Å². The summed E-state index contributed by atoms with van der Waals surface area (Å²) in [7, 11) is 0. The Bertz CT molecular complexity index is 508. The zero-order valence-corrected chi connectivity index (χ0v) is 12.7. The Morgan fingerprint density at radius 3 is 2.40 bits per heavy atom. The number of nitrogens with two attached hydrogens (primary N) is 1. The van der Waals surface area contributed by atoms with Crippen LogP contribution in [0.2, 0.25) is 0 Å². The Labute approximate surface area is 126 Å². The average molecular weight is 340 g/mol. The number of carbonyl (C=O) groups is 1. The second-order valence-corrected chi connectivity index (χ2v) is 6.00. The van der Waals surface area contributed by atoms with Gasteiger partial charge in [0, 0.05) is 10.0 Å². The highest BCUT2D eigenvalue weighted by molar-refractivity contribution is 9.10. The standard InChI is InChI=1S/C14H18BrN3O2/c15-11-6-4-10(5-7-11)12(19)17-14(13(16)18-20)8-2-1-3-9-14/h4-7,20H,1-3,8-9H2,(H2,16,18)(H,17,19). The number of carbonyl (C=O) groups excluding carboxylic acids is 1. The largest absolute Gasteiger partial charge is 0.409 e. The number of hydrogen-bond acceptors (Lipinski definition) is 3. The summed E-state index contributed by atoms with van der Waals surface area (Å²) in [5, 5.41) is 15.0. The number of amidine groups is 1. The Morgan fingerprint density at radius 2 is 1.85 bits per heavy atom. The lowest BCUT2D eigenvalue weighted by molar-refractivity contribution is 0.0905. The van der Waals surface area contributed by atoms with Crippen molar-refractivity contribution in [3.63, 3.8) is 0 Å². The maximum Gasteiger partial charge on any atom is 0.252 e. The molecule has 1 aliphatic rings. The third kappa shape index (κ3) is 3.12. The second kappa shape index (κ2) is 6.26. The van der Waals surface area contributed by atoms with Crippen molar-refractivity contribution in [2.24, 2.45) is 10.9 Å². The van der Waals surface area contributed by atoms with Gasteiger partial charge in [0.05, 0.1) is 0 Å². The van der Waals surface area contributed by atoms with E-state index in [0.717, 1.165) is 23.7 Å². The first-order valence-corrected chi connectivity index (χ1v) is 7.43. The highest BCUT2D eigenvalue weighted by atomic mass is 79.9. The van der Waals surface area contributed by atoms with Gasteiger partial charge in [0.15, 0.2) is 5.84 Å². The Kier molecular flexibility index (Phi) is 4.65. The first kappa shape index (κ1) is 14.8. The van der Waals surface area contributed by atoms with Crippen LogP contribution in [0, 0.1) is 0 Å². The van der Waals surface area contributed by atoms with E-state index < -0.39 is 5.54 Å². The van der Waals surface area contributed by atoms with E-state index in [2.05, 4.69) is 26.4 Å². The van der Waals surface area contributed by atoms with Gasteiger partial charge >= 0.3 is 0 Å². The molecular formula is C14H18BrN3O2. The third-order valence-corrected chi connectivity index (χ3v) is 4.29. The molecule has 0 radical (unpaired) electrons. The zero-order chi connectivity index (χ0) is 14.6. The maximum absolute atomic E-state index is 12.3.